The molecule has 1 unspecified atom stereocenters. The molecule has 0 spiro atoms. The van der Waals surface area contributed by atoms with Crippen molar-refractivity contribution in [1.29, 1.82) is 0 Å². The quantitative estimate of drug-likeness (QED) is 0.476. The fraction of sp³-hybridized carbons (Fsp3) is 0.333. The van der Waals surface area contributed by atoms with Crippen LogP contribution in [0.3, 0.4) is 0 Å². The maximum absolute atomic E-state index is 12.9. The second-order valence-corrected chi connectivity index (χ2v) is 4.60. The number of allylic oxidation sites excluding steroid dienone is 4. The van der Waals surface area contributed by atoms with E-state index < -0.39 is 3.68 Å². The molecule has 0 amide bonds. The molecule has 0 bridgehead atoms. The third kappa shape index (κ3) is 2.37. The van der Waals surface area contributed by atoms with Gasteiger partial charge in [0.15, 0.2) is 3.68 Å². The van der Waals surface area contributed by atoms with Gasteiger partial charge in [-0.2, -0.15) is 0 Å². The Morgan fingerprint density at radius 3 is 2.78 bits per heavy atom. The van der Waals surface area contributed by atoms with E-state index in [1.807, 2.05) is 6.08 Å². The van der Waals surface area contributed by atoms with Crippen molar-refractivity contribution in [3.63, 3.8) is 0 Å². The molecule has 0 aromatic heterocycles. The van der Waals surface area contributed by atoms with Gasteiger partial charge in [0.2, 0.25) is 0 Å². The van der Waals surface area contributed by atoms with Crippen molar-refractivity contribution in [2.75, 3.05) is 0 Å². The molecule has 0 saturated heterocycles. The van der Waals surface area contributed by atoms with Crippen LogP contribution in [0.4, 0.5) is 4.39 Å². The molecule has 50 valence electrons. The number of hydrogen-bond donors (Lipinski definition) is 0. The Hall–Kier alpha value is 0.620. The van der Waals surface area contributed by atoms with Gasteiger partial charge in [-0.3, -0.25) is 0 Å². The van der Waals surface area contributed by atoms with Crippen LogP contribution in [0.1, 0.15) is 6.42 Å². The summed E-state index contributed by atoms with van der Waals surface area (Å²) >= 11 is 5.03. The Kier molecular flexibility index (Phi) is 2.32. The van der Waals surface area contributed by atoms with E-state index in [1.54, 1.807) is 34.7 Å². The van der Waals surface area contributed by atoms with Crippen molar-refractivity contribution in [2.45, 2.75) is 10.1 Å². The lowest BCUT2D eigenvalue weighted by Gasteiger charge is -2.14. The summed E-state index contributed by atoms with van der Waals surface area (Å²) in [5, 5.41) is 0. The highest BCUT2D eigenvalue weighted by atomic mass is 127. The zero-order chi connectivity index (χ0) is 6.91. The Labute approximate surface area is 75.5 Å². The van der Waals surface area contributed by atoms with Crippen LogP contribution in [0.5, 0.6) is 0 Å². The molecule has 1 aliphatic carbocycles. The lowest BCUT2D eigenvalue weighted by atomic mass is 10.2. The van der Waals surface area contributed by atoms with Gasteiger partial charge in [-0.05, 0) is 34.7 Å². The molecule has 0 radical (unpaired) electrons. The van der Waals surface area contributed by atoms with Crippen LogP contribution in [0.15, 0.2) is 22.7 Å². The number of hydrogen-bond acceptors (Lipinski definition) is 0. The molecule has 1 aliphatic rings. The molecule has 0 aromatic rings. The maximum atomic E-state index is 12.9. The monoisotopic (exact) mass is 302 g/mol. The standard InChI is InChI=1S/C6H5BrFI/c7-5-1-3-6(8,9)4-2-5/h1-3H,4H2. The normalized spacial score (nSPS) is 34.3. The molecule has 3 heteroatoms. The molecule has 1 rings (SSSR count). The molecular weight excluding hydrogens is 298 g/mol. The van der Waals surface area contributed by atoms with Gasteiger partial charge in [0, 0.05) is 10.9 Å². The molecule has 0 heterocycles. The van der Waals surface area contributed by atoms with Crippen LogP contribution in [-0.2, 0) is 0 Å². The fourth-order valence-electron chi connectivity index (χ4n) is 0.571. The Morgan fingerprint density at radius 1 is 1.78 bits per heavy atom. The van der Waals surface area contributed by atoms with Gasteiger partial charge < -0.3 is 0 Å². The summed E-state index contributed by atoms with van der Waals surface area (Å²) in [6.07, 6.45) is 5.57. The van der Waals surface area contributed by atoms with Crippen molar-refractivity contribution in [2.24, 2.45) is 0 Å². The van der Waals surface area contributed by atoms with E-state index in [0.717, 1.165) is 4.48 Å². The summed E-state index contributed by atoms with van der Waals surface area (Å²) in [6, 6.07) is 0. The van der Waals surface area contributed by atoms with Crippen LogP contribution in [0, 0.1) is 0 Å². The SMILES string of the molecule is FC1(I)C=CC(Br)=CC1. The summed E-state index contributed by atoms with van der Waals surface area (Å²) < 4.78 is 12.7. The van der Waals surface area contributed by atoms with Gasteiger partial charge in [0.05, 0.1) is 0 Å². The third-order valence-electron chi connectivity index (χ3n) is 1.06. The van der Waals surface area contributed by atoms with Crippen LogP contribution < -0.4 is 0 Å². The van der Waals surface area contributed by atoms with Crippen LogP contribution in [0.25, 0.3) is 0 Å². The van der Waals surface area contributed by atoms with Gasteiger partial charge in [-0.15, -0.1) is 0 Å². The summed E-state index contributed by atoms with van der Waals surface area (Å²) in [4.78, 5) is 0. The second kappa shape index (κ2) is 2.70. The van der Waals surface area contributed by atoms with E-state index in [0.29, 0.717) is 6.42 Å². The second-order valence-electron chi connectivity index (χ2n) is 1.89. The zero-order valence-electron chi connectivity index (χ0n) is 4.57. The largest absolute Gasteiger partial charge is 0.227 e. The molecule has 0 N–H and O–H groups in total. The van der Waals surface area contributed by atoms with Crippen LogP contribution in [0.2, 0.25) is 0 Å². The topological polar surface area (TPSA) is 0 Å². The number of halogens is 3. The van der Waals surface area contributed by atoms with Crippen molar-refractivity contribution >= 4 is 38.5 Å². The lowest BCUT2D eigenvalue weighted by molar-refractivity contribution is 0.380. The third-order valence-corrected chi connectivity index (χ3v) is 2.44. The average Bonchev–Trinajstić information content (AvgIpc) is 1.78. The first-order valence-electron chi connectivity index (χ1n) is 2.53. The van der Waals surface area contributed by atoms with Crippen molar-refractivity contribution < 1.29 is 4.39 Å². The van der Waals surface area contributed by atoms with Crippen LogP contribution in [-0.4, -0.2) is 3.68 Å². The van der Waals surface area contributed by atoms with Gasteiger partial charge in [-0.25, -0.2) is 4.39 Å². The number of alkyl halides is 2. The zero-order valence-corrected chi connectivity index (χ0v) is 8.32. The van der Waals surface area contributed by atoms with Crippen molar-refractivity contribution in [1.82, 2.24) is 0 Å². The minimum atomic E-state index is -1.16. The first-order valence-corrected chi connectivity index (χ1v) is 4.40. The molecular formula is C6H5BrFI. The maximum Gasteiger partial charge on any atom is 0.183 e. The molecule has 0 aliphatic heterocycles. The summed E-state index contributed by atoms with van der Waals surface area (Å²) in [6.45, 7) is 0. The highest BCUT2D eigenvalue weighted by Gasteiger charge is 2.22. The minimum absolute atomic E-state index is 0.463. The molecule has 1 atom stereocenters. The average molecular weight is 303 g/mol. The smallest absolute Gasteiger partial charge is 0.183 e. The minimum Gasteiger partial charge on any atom is -0.227 e. The van der Waals surface area contributed by atoms with Gasteiger partial charge in [0.25, 0.3) is 0 Å². The summed E-state index contributed by atoms with van der Waals surface area (Å²) in [5.74, 6) is 0. The number of rotatable bonds is 0. The fourth-order valence-corrected chi connectivity index (χ4v) is 1.27. The summed E-state index contributed by atoms with van der Waals surface area (Å²) in [7, 11) is 0. The van der Waals surface area contributed by atoms with E-state index in [2.05, 4.69) is 15.9 Å². The lowest BCUT2D eigenvalue weighted by Crippen LogP contribution is -2.09. The van der Waals surface area contributed by atoms with Crippen LogP contribution >= 0.6 is 38.5 Å². The van der Waals surface area contributed by atoms with E-state index in [4.69, 9.17) is 0 Å². The molecule has 0 saturated carbocycles. The highest BCUT2D eigenvalue weighted by Crippen LogP contribution is 2.32. The van der Waals surface area contributed by atoms with Gasteiger partial charge in [0.1, 0.15) is 0 Å². The highest BCUT2D eigenvalue weighted by molar-refractivity contribution is 14.1. The Bertz CT molecular complexity index is 172. The first kappa shape index (κ1) is 7.72. The molecule has 0 aromatic carbocycles. The van der Waals surface area contributed by atoms with E-state index >= 15 is 0 Å². The molecule has 0 fully saturated rings. The summed E-state index contributed by atoms with van der Waals surface area (Å²) in [5.41, 5.74) is 0. The Balaban J connectivity index is 2.70. The predicted molar refractivity (Wildman–Crippen MR) is 48.6 cm³/mol. The van der Waals surface area contributed by atoms with E-state index in [9.17, 15) is 4.39 Å². The van der Waals surface area contributed by atoms with E-state index in [-0.39, 0.29) is 0 Å². The van der Waals surface area contributed by atoms with Crippen molar-refractivity contribution in [3.05, 3.63) is 22.7 Å². The van der Waals surface area contributed by atoms with Gasteiger partial charge >= 0.3 is 0 Å². The van der Waals surface area contributed by atoms with Gasteiger partial charge in [-0.1, -0.05) is 22.0 Å². The Morgan fingerprint density at radius 2 is 2.44 bits per heavy atom. The first-order chi connectivity index (χ1) is 4.10. The predicted octanol–water partition coefficient (Wildman–Crippen LogP) is 3.33. The molecule has 9 heavy (non-hydrogen) atoms. The molecule has 0 nitrogen and oxygen atoms in total. The van der Waals surface area contributed by atoms with E-state index in [1.165, 1.54) is 0 Å². The van der Waals surface area contributed by atoms with Crippen molar-refractivity contribution in [3.8, 4) is 0 Å².